The first-order valence-electron chi connectivity index (χ1n) is 6.92. The van der Waals surface area contributed by atoms with Crippen molar-refractivity contribution in [2.24, 2.45) is 5.92 Å². The van der Waals surface area contributed by atoms with Gasteiger partial charge in [-0.2, -0.15) is 5.10 Å². The second kappa shape index (κ2) is 6.24. The van der Waals surface area contributed by atoms with Gasteiger partial charge in [0.1, 0.15) is 12.7 Å². The maximum absolute atomic E-state index is 6.10. The smallest absolute Gasteiger partial charge is 0.138 e. The predicted molar refractivity (Wildman–Crippen MR) is 80.5 cm³/mol. The highest BCUT2D eigenvalue weighted by Gasteiger charge is 2.14. The number of halogens is 1. The van der Waals surface area contributed by atoms with E-state index in [1.807, 2.05) is 18.2 Å². The monoisotopic (exact) mass is 291 g/mol. The number of aromatic nitrogens is 3. The molecule has 2 N–H and O–H groups in total. The molecule has 0 spiro atoms. The number of benzene rings is 1. The van der Waals surface area contributed by atoms with E-state index < -0.39 is 0 Å². The van der Waals surface area contributed by atoms with Crippen LogP contribution in [0, 0.1) is 5.92 Å². The SMILES string of the molecule is Clc1ccc(-n2cncn2)c(NCC2CCNCC2)c1. The number of piperidine rings is 1. The molecular formula is C14H18ClN5. The minimum Gasteiger partial charge on any atom is -0.383 e. The first-order chi connectivity index (χ1) is 9.83. The van der Waals surface area contributed by atoms with Crippen molar-refractivity contribution in [2.75, 3.05) is 25.0 Å². The Morgan fingerprint density at radius 1 is 1.35 bits per heavy atom. The predicted octanol–water partition coefficient (Wildman–Crippen LogP) is 2.33. The van der Waals surface area contributed by atoms with E-state index in [1.54, 1.807) is 11.0 Å². The van der Waals surface area contributed by atoms with Crippen LogP contribution in [0.25, 0.3) is 5.69 Å². The molecule has 0 bridgehead atoms. The van der Waals surface area contributed by atoms with Gasteiger partial charge in [0.15, 0.2) is 0 Å². The van der Waals surface area contributed by atoms with Crippen molar-refractivity contribution in [3.05, 3.63) is 35.9 Å². The second-order valence-electron chi connectivity index (χ2n) is 5.08. The fourth-order valence-corrected chi connectivity index (χ4v) is 2.69. The quantitative estimate of drug-likeness (QED) is 0.908. The summed E-state index contributed by atoms with van der Waals surface area (Å²) in [5.74, 6) is 0.707. The lowest BCUT2D eigenvalue weighted by Gasteiger charge is -2.24. The van der Waals surface area contributed by atoms with Gasteiger partial charge in [-0.3, -0.25) is 0 Å². The summed E-state index contributed by atoms with van der Waals surface area (Å²) in [6.45, 7) is 3.18. The zero-order valence-electron chi connectivity index (χ0n) is 11.2. The second-order valence-corrected chi connectivity index (χ2v) is 5.51. The molecule has 0 atom stereocenters. The third kappa shape index (κ3) is 3.11. The molecule has 2 aromatic rings. The summed E-state index contributed by atoms with van der Waals surface area (Å²) in [7, 11) is 0. The summed E-state index contributed by atoms with van der Waals surface area (Å²) in [5, 5.41) is 11.8. The molecule has 0 amide bonds. The van der Waals surface area contributed by atoms with Gasteiger partial charge in [0.25, 0.3) is 0 Å². The van der Waals surface area contributed by atoms with Crippen molar-refractivity contribution in [1.29, 1.82) is 0 Å². The van der Waals surface area contributed by atoms with Crippen LogP contribution >= 0.6 is 11.6 Å². The molecule has 1 aliphatic rings. The number of nitrogens with one attached hydrogen (secondary N) is 2. The number of rotatable bonds is 4. The highest BCUT2D eigenvalue weighted by molar-refractivity contribution is 6.31. The van der Waals surface area contributed by atoms with E-state index in [-0.39, 0.29) is 0 Å². The Balaban J connectivity index is 1.75. The van der Waals surface area contributed by atoms with Crippen molar-refractivity contribution >= 4 is 17.3 Å². The van der Waals surface area contributed by atoms with Crippen LogP contribution < -0.4 is 10.6 Å². The summed E-state index contributed by atoms with van der Waals surface area (Å²) >= 11 is 6.10. The number of hydrogen-bond donors (Lipinski definition) is 2. The van der Waals surface area contributed by atoms with Gasteiger partial charge in [-0.25, -0.2) is 9.67 Å². The van der Waals surface area contributed by atoms with Crippen LogP contribution in [-0.2, 0) is 0 Å². The van der Waals surface area contributed by atoms with E-state index in [9.17, 15) is 0 Å². The normalized spacial score (nSPS) is 16.2. The molecule has 1 aromatic carbocycles. The molecule has 1 aromatic heterocycles. The highest BCUT2D eigenvalue weighted by Crippen LogP contribution is 2.25. The van der Waals surface area contributed by atoms with Gasteiger partial charge in [0.05, 0.1) is 11.4 Å². The molecule has 0 saturated carbocycles. The maximum Gasteiger partial charge on any atom is 0.138 e. The Morgan fingerprint density at radius 2 is 2.20 bits per heavy atom. The molecule has 6 heteroatoms. The molecule has 106 valence electrons. The number of nitrogens with zero attached hydrogens (tertiary/aromatic N) is 3. The van der Waals surface area contributed by atoms with Gasteiger partial charge in [0, 0.05) is 11.6 Å². The van der Waals surface area contributed by atoms with E-state index in [0.717, 1.165) is 36.0 Å². The van der Waals surface area contributed by atoms with Crippen LogP contribution in [0.5, 0.6) is 0 Å². The molecule has 5 nitrogen and oxygen atoms in total. The van der Waals surface area contributed by atoms with Crippen molar-refractivity contribution in [3.8, 4) is 5.69 Å². The van der Waals surface area contributed by atoms with Gasteiger partial charge in [0.2, 0.25) is 0 Å². The van der Waals surface area contributed by atoms with Crippen LogP contribution in [0.2, 0.25) is 5.02 Å². The summed E-state index contributed by atoms with van der Waals surface area (Å²) in [6, 6.07) is 5.77. The lowest BCUT2D eigenvalue weighted by Crippen LogP contribution is -2.31. The minimum absolute atomic E-state index is 0.707. The molecule has 1 saturated heterocycles. The molecule has 1 fully saturated rings. The van der Waals surface area contributed by atoms with E-state index in [0.29, 0.717) is 5.92 Å². The highest BCUT2D eigenvalue weighted by atomic mass is 35.5. The maximum atomic E-state index is 6.10. The van der Waals surface area contributed by atoms with E-state index in [2.05, 4.69) is 20.7 Å². The van der Waals surface area contributed by atoms with Crippen LogP contribution in [0.1, 0.15) is 12.8 Å². The first-order valence-corrected chi connectivity index (χ1v) is 7.30. The standard InChI is InChI=1S/C14H18ClN5/c15-12-1-2-14(20-10-17-9-19-20)13(7-12)18-8-11-3-5-16-6-4-11/h1-2,7,9-11,16,18H,3-6,8H2. The average Bonchev–Trinajstić information content (AvgIpc) is 3.00. The van der Waals surface area contributed by atoms with Crippen LogP contribution in [0.3, 0.4) is 0 Å². The zero-order valence-corrected chi connectivity index (χ0v) is 12.0. The van der Waals surface area contributed by atoms with Crippen LogP contribution in [-0.4, -0.2) is 34.4 Å². The van der Waals surface area contributed by atoms with E-state index in [1.165, 1.54) is 19.2 Å². The van der Waals surface area contributed by atoms with Crippen LogP contribution in [0.4, 0.5) is 5.69 Å². The molecule has 20 heavy (non-hydrogen) atoms. The van der Waals surface area contributed by atoms with E-state index >= 15 is 0 Å². The zero-order chi connectivity index (χ0) is 13.8. The fraction of sp³-hybridized carbons (Fsp3) is 0.429. The Labute approximate surface area is 123 Å². The third-order valence-corrected chi connectivity index (χ3v) is 3.90. The lowest BCUT2D eigenvalue weighted by molar-refractivity contribution is 0.390. The van der Waals surface area contributed by atoms with Gasteiger partial charge < -0.3 is 10.6 Å². The average molecular weight is 292 g/mol. The first kappa shape index (κ1) is 13.4. The van der Waals surface area contributed by atoms with Crippen LogP contribution in [0.15, 0.2) is 30.9 Å². The lowest BCUT2D eigenvalue weighted by atomic mass is 9.98. The Kier molecular flexibility index (Phi) is 4.18. The van der Waals surface area contributed by atoms with Gasteiger partial charge in [-0.1, -0.05) is 11.6 Å². The molecular weight excluding hydrogens is 274 g/mol. The molecule has 2 heterocycles. The van der Waals surface area contributed by atoms with Crippen molar-refractivity contribution < 1.29 is 0 Å². The Bertz CT molecular complexity index is 549. The van der Waals surface area contributed by atoms with Crippen molar-refractivity contribution in [2.45, 2.75) is 12.8 Å². The summed E-state index contributed by atoms with van der Waals surface area (Å²) in [6.07, 6.45) is 5.66. The number of anilines is 1. The van der Waals surface area contributed by atoms with Gasteiger partial charge in [-0.05, 0) is 50.0 Å². The molecule has 0 radical (unpaired) electrons. The van der Waals surface area contributed by atoms with Gasteiger partial charge in [-0.15, -0.1) is 0 Å². The van der Waals surface area contributed by atoms with E-state index in [4.69, 9.17) is 11.6 Å². The molecule has 3 rings (SSSR count). The number of hydrogen-bond acceptors (Lipinski definition) is 4. The topological polar surface area (TPSA) is 54.8 Å². The molecule has 0 aliphatic carbocycles. The molecule has 1 aliphatic heterocycles. The summed E-state index contributed by atoms with van der Waals surface area (Å²) in [5.41, 5.74) is 1.97. The molecule has 0 unspecified atom stereocenters. The summed E-state index contributed by atoms with van der Waals surface area (Å²) in [4.78, 5) is 3.99. The van der Waals surface area contributed by atoms with Crippen molar-refractivity contribution in [3.63, 3.8) is 0 Å². The van der Waals surface area contributed by atoms with Gasteiger partial charge >= 0.3 is 0 Å². The Morgan fingerprint density at radius 3 is 2.95 bits per heavy atom. The van der Waals surface area contributed by atoms with Crippen molar-refractivity contribution in [1.82, 2.24) is 20.1 Å². The minimum atomic E-state index is 0.707. The largest absolute Gasteiger partial charge is 0.383 e. The fourth-order valence-electron chi connectivity index (χ4n) is 2.52. The summed E-state index contributed by atoms with van der Waals surface area (Å²) < 4.78 is 1.75. The Hall–Kier alpha value is -1.59. The third-order valence-electron chi connectivity index (χ3n) is 3.66.